The lowest BCUT2D eigenvalue weighted by molar-refractivity contribution is 0.0162. The molecule has 1 amide bonds. The third-order valence-corrected chi connectivity index (χ3v) is 7.79. The Hall–Kier alpha value is -2.71. The monoisotopic (exact) mass is 498 g/mol. The van der Waals surface area contributed by atoms with Crippen molar-refractivity contribution in [1.82, 2.24) is 10.2 Å². The number of amides is 1. The number of benzene rings is 3. The van der Waals surface area contributed by atoms with Gasteiger partial charge in [-0.1, -0.05) is 60.1 Å². The van der Waals surface area contributed by atoms with Crippen LogP contribution in [0.2, 0.25) is 5.02 Å². The summed E-state index contributed by atoms with van der Waals surface area (Å²) in [6.45, 7) is 3.17. The molecule has 1 fully saturated rings. The molecule has 0 saturated carbocycles. The molecule has 0 spiro atoms. The molecule has 0 aromatic heterocycles. The van der Waals surface area contributed by atoms with Gasteiger partial charge in [0.25, 0.3) is 5.91 Å². The van der Waals surface area contributed by atoms with Crippen LogP contribution in [0.25, 0.3) is 0 Å². The van der Waals surface area contributed by atoms with Crippen molar-refractivity contribution in [2.75, 3.05) is 32.8 Å². The average molecular weight is 499 g/mol. The minimum Gasteiger partial charge on any atom is -0.379 e. The Morgan fingerprint density at radius 2 is 1.68 bits per heavy atom. The topological polar surface area (TPSA) is 75.7 Å². The average Bonchev–Trinajstić information content (AvgIpc) is 2.86. The molecule has 0 radical (unpaired) electrons. The maximum absolute atomic E-state index is 13.0. The number of nitrogens with zero attached hydrogens (tertiary/aromatic N) is 1. The highest BCUT2D eigenvalue weighted by atomic mass is 35.5. The highest BCUT2D eigenvalue weighted by molar-refractivity contribution is 7.90. The van der Waals surface area contributed by atoms with Crippen LogP contribution in [0.5, 0.6) is 0 Å². The predicted molar refractivity (Wildman–Crippen MR) is 133 cm³/mol. The molecule has 0 bridgehead atoms. The number of sulfone groups is 1. The normalized spacial score (nSPS) is 15.6. The number of ether oxygens (including phenoxy) is 1. The van der Waals surface area contributed by atoms with E-state index in [0.29, 0.717) is 35.9 Å². The zero-order valence-electron chi connectivity index (χ0n) is 18.7. The van der Waals surface area contributed by atoms with Gasteiger partial charge >= 0.3 is 0 Å². The largest absolute Gasteiger partial charge is 0.379 e. The first kappa shape index (κ1) is 24.4. The summed E-state index contributed by atoms with van der Waals surface area (Å²) in [5, 5.41) is 3.64. The van der Waals surface area contributed by atoms with Crippen molar-refractivity contribution < 1.29 is 17.9 Å². The van der Waals surface area contributed by atoms with Gasteiger partial charge in [-0.05, 0) is 41.5 Å². The minimum atomic E-state index is -3.58. The fourth-order valence-electron chi connectivity index (χ4n) is 4.03. The van der Waals surface area contributed by atoms with Crippen LogP contribution in [-0.2, 0) is 20.3 Å². The summed E-state index contributed by atoms with van der Waals surface area (Å²) in [6.07, 6.45) is 0. The number of carbonyl (C=O) groups excluding carboxylic acids is 1. The van der Waals surface area contributed by atoms with Gasteiger partial charge in [-0.25, -0.2) is 8.42 Å². The Morgan fingerprint density at radius 1 is 0.971 bits per heavy atom. The third-order valence-electron chi connectivity index (χ3n) is 5.85. The van der Waals surface area contributed by atoms with Crippen LogP contribution in [-0.4, -0.2) is 52.1 Å². The molecular weight excluding hydrogens is 472 g/mol. The standard InChI is InChI=1S/C26H27ClN2O4S/c27-23-11-9-21(10-12-23)25(29-13-15-33-16-14-29)18-28-26(30)22-7-4-8-24(17-22)34(31,32)19-20-5-2-1-3-6-20/h1-12,17,25H,13-16,18-19H2,(H,28,30). The van der Waals surface area contributed by atoms with Crippen LogP contribution in [0, 0.1) is 0 Å². The van der Waals surface area contributed by atoms with E-state index in [-0.39, 0.29) is 22.6 Å². The van der Waals surface area contributed by atoms with Gasteiger partial charge in [-0.2, -0.15) is 0 Å². The van der Waals surface area contributed by atoms with Gasteiger partial charge in [0.2, 0.25) is 0 Å². The minimum absolute atomic E-state index is 0.0462. The number of morpholine rings is 1. The lowest BCUT2D eigenvalue weighted by atomic mass is 10.0. The summed E-state index contributed by atoms with van der Waals surface area (Å²) in [6, 6.07) is 22.8. The van der Waals surface area contributed by atoms with Gasteiger partial charge in [0, 0.05) is 30.2 Å². The van der Waals surface area contributed by atoms with E-state index in [1.807, 2.05) is 30.3 Å². The first-order valence-corrected chi connectivity index (χ1v) is 13.2. The maximum Gasteiger partial charge on any atom is 0.251 e. The van der Waals surface area contributed by atoms with E-state index in [4.69, 9.17) is 16.3 Å². The van der Waals surface area contributed by atoms with Gasteiger partial charge in [-0.15, -0.1) is 0 Å². The summed E-state index contributed by atoms with van der Waals surface area (Å²) in [4.78, 5) is 15.4. The highest BCUT2D eigenvalue weighted by Gasteiger charge is 2.24. The molecule has 178 valence electrons. The van der Waals surface area contributed by atoms with Crippen molar-refractivity contribution in [3.63, 3.8) is 0 Å². The van der Waals surface area contributed by atoms with Crippen LogP contribution >= 0.6 is 11.6 Å². The fourth-order valence-corrected chi connectivity index (χ4v) is 5.55. The molecule has 4 rings (SSSR count). The van der Waals surface area contributed by atoms with E-state index in [9.17, 15) is 13.2 Å². The second-order valence-electron chi connectivity index (χ2n) is 8.20. The Morgan fingerprint density at radius 3 is 2.38 bits per heavy atom. The van der Waals surface area contributed by atoms with Crippen molar-refractivity contribution in [2.24, 2.45) is 0 Å². The lowest BCUT2D eigenvalue weighted by Crippen LogP contribution is -2.43. The van der Waals surface area contributed by atoms with Crippen molar-refractivity contribution in [2.45, 2.75) is 16.7 Å². The summed E-state index contributed by atoms with van der Waals surface area (Å²) in [5.41, 5.74) is 2.06. The number of hydrogen-bond acceptors (Lipinski definition) is 5. The van der Waals surface area contributed by atoms with E-state index in [1.54, 1.807) is 36.4 Å². The Balaban J connectivity index is 1.48. The van der Waals surface area contributed by atoms with Gasteiger partial charge in [0.15, 0.2) is 9.84 Å². The molecule has 1 aliphatic heterocycles. The summed E-state index contributed by atoms with van der Waals surface area (Å²) in [7, 11) is -3.58. The van der Waals surface area contributed by atoms with E-state index in [1.165, 1.54) is 12.1 Å². The third kappa shape index (κ3) is 6.24. The van der Waals surface area contributed by atoms with E-state index in [0.717, 1.165) is 18.7 Å². The SMILES string of the molecule is O=C(NCC(c1ccc(Cl)cc1)N1CCOCC1)c1cccc(S(=O)(=O)Cc2ccccc2)c1. The van der Waals surface area contributed by atoms with E-state index < -0.39 is 9.84 Å². The Bertz CT molecular complexity index is 1210. The molecule has 1 saturated heterocycles. The molecule has 3 aromatic carbocycles. The summed E-state index contributed by atoms with van der Waals surface area (Å²) >= 11 is 6.06. The molecule has 6 nitrogen and oxygen atoms in total. The van der Waals surface area contributed by atoms with Gasteiger partial charge < -0.3 is 10.1 Å². The number of carbonyl (C=O) groups is 1. The van der Waals surface area contributed by atoms with Gasteiger partial charge in [0.1, 0.15) is 0 Å². The summed E-state index contributed by atoms with van der Waals surface area (Å²) < 4.78 is 31.3. The summed E-state index contributed by atoms with van der Waals surface area (Å²) in [5.74, 6) is -0.432. The molecule has 1 N–H and O–H groups in total. The van der Waals surface area contributed by atoms with Crippen molar-refractivity contribution in [1.29, 1.82) is 0 Å². The lowest BCUT2D eigenvalue weighted by Gasteiger charge is -2.35. The molecule has 0 aliphatic carbocycles. The van der Waals surface area contributed by atoms with Crippen molar-refractivity contribution in [3.05, 3.63) is 101 Å². The molecule has 3 aromatic rings. The molecule has 34 heavy (non-hydrogen) atoms. The number of nitrogens with one attached hydrogen (secondary N) is 1. The van der Waals surface area contributed by atoms with Crippen molar-refractivity contribution >= 4 is 27.3 Å². The zero-order valence-corrected chi connectivity index (χ0v) is 20.3. The molecule has 8 heteroatoms. The Kier molecular flexibility index (Phi) is 8.00. The van der Waals surface area contributed by atoms with Crippen molar-refractivity contribution in [3.8, 4) is 0 Å². The highest BCUT2D eigenvalue weighted by Crippen LogP contribution is 2.23. The number of halogens is 1. The molecule has 1 heterocycles. The molecule has 1 atom stereocenters. The number of rotatable bonds is 8. The number of hydrogen-bond donors (Lipinski definition) is 1. The smallest absolute Gasteiger partial charge is 0.251 e. The van der Waals surface area contributed by atoms with Crippen LogP contribution in [0.3, 0.4) is 0 Å². The second kappa shape index (κ2) is 11.1. The van der Waals surface area contributed by atoms with E-state index in [2.05, 4.69) is 10.2 Å². The first-order valence-electron chi connectivity index (χ1n) is 11.1. The van der Waals surface area contributed by atoms with Crippen LogP contribution in [0.15, 0.2) is 83.8 Å². The van der Waals surface area contributed by atoms with Crippen LogP contribution < -0.4 is 5.32 Å². The Labute approximate surface area is 205 Å². The second-order valence-corrected chi connectivity index (χ2v) is 10.6. The molecule has 1 unspecified atom stereocenters. The van der Waals surface area contributed by atoms with Crippen LogP contribution in [0.1, 0.15) is 27.5 Å². The van der Waals surface area contributed by atoms with E-state index >= 15 is 0 Å². The maximum atomic E-state index is 13.0. The first-order chi connectivity index (χ1) is 16.4. The van der Waals surface area contributed by atoms with Gasteiger partial charge in [0.05, 0.1) is 29.9 Å². The zero-order chi connectivity index (χ0) is 24.0. The van der Waals surface area contributed by atoms with Gasteiger partial charge in [-0.3, -0.25) is 9.69 Å². The molecular formula is C26H27ClN2O4S. The predicted octanol–water partition coefficient (Wildman–Crippen LogP) is 4.12. The quantitative estimate of drug-likeness (QED) is 0.505. The van der Waals surface area contributed by atoms with Crippen LogP contribution in [0.4, 0.5) is 0 Å². The fraction of sp³-hybridized carbons (Fsp3) is 0.269. The molecule has 1 aliphatic rings.